The van der Waals surface area contributed by atoms with Crippen LogP contribution < -0.4 is 5.73 Å². The number of halogens is 2. The molecule has 2 aromatic rings. The van der Waals surface area contributed by atoms with E-state index < -0.39 is 6.43 Å². The fourth-order valence-electron chi connectivity index (χ4n) is 2.67. The molecule has 3 rings (SSSR count). The summed E-state index contributed by atoms with van der Waals surface area (Å²) in [6.07, 6.45) is 5.94. The number of hydrogen-bond acceptors (Lipinski definition) is 2. The third-order valence-electron chi connectivity index (χ3n) is 3.74. The summed E-state index contributed by atoms with van der Waals surface area (Å²) < 4.78 is 27.5. The molecule has 1 heterocycles. The molecule has 0 aliphatic heterocycles. The lowest BCUT2D eigenvalue weighted by Gasteiger charge is -2.21. The molecule has 1 aliphatic rings. The Kier molecular flexibility index (Phi) is 3.12. The van der Waals surface area contributed by atoms with Crippen molar-refractivity contribution in [1.29, 1.82) is 0 Å². The summed E-state index contributed by atoms with van der Waals surface area (Å²) in [6, 6.07) is 3.37. The van der Waals surface area contributed by atoms with Crippen molar-refractivity contribution >= 4 is 16.6 Å². The van der Waals surface area contributed by atoms with Crippen molar-refractivity contribution in [3.05, 3.63) is 30.3 Å². The van der Waals surface area contributed by atoms with E-state index in [1.807, 2.05) is 10.9 Å². The average Bonchev–Trinajstić information content (AvgIpc) is 2.81. The number of benzene rings is 1. The molecule has 0 amide bonds. The van der Waals surface area contributed by atoms with Gasteiger partial charge >= 0.3 is 0 Å². The second kappa shape index (κ2) is 4.79. The minimum atomic E-state index is -2.56. The van der Waals surface area contributed by atoms with Gasteiger partial charge in [0.1, 0.15) is 0 Å². The van der Waals surface area contributed by atoms with E-state index >= 15 is 0 Å². The Morgan fingerprint density at radius 1 is 1.26 bits per heavy atom. The van der Waals surface area contributed by atoms with E-state index in [1.54, 1.807) is 6.07 Å². The third kappa shape index (κ3) is 2.29. The SMILES string of the molecule is Nc1cc2cn(C3CC[CH]CC3)nc2cc1C(F)F. The molecule has 0 unspecified atom stereocenters. The highest BCUT2D eigenvalue weighted by Crippen LogP contribution is 2.32. The van der Waals surface area contributed by atoms with E-state index in [0.29, 0.717) is 11.6 Å². The Bertz CT molecular complexity index is 586. The highest BCUT2D eigenvalue weighted by atomic mass is 19.3. The largest absolute Gasteiger partial charge is 0.398 e. The van der Waals surface area contributed by atoms with Gasteiger partial charge in [-0.3, -0.25) is 4.68 Å². The summed E-state index contributed by atoms with van der Waals surface area (Å²) in [4.78, 5) is 0. The molecule has 0 atom stereocenters. The first-order valence-corrected chi connectivity index (χ1v) is 6.53. The molecule has 0 spiro atoms. The van der Waals surface area contributed by atoms with E-state index in [9.17, 15) is 8.78 Å². The summed E-state index contributed by atoms with van der Waals surface area (Å²) >= 11 is 0. The second-order valence-corrected chi connectivity index (χ2v) is 5.05. The van der Waals surface area contributed by atoms with Crippen molar-refractivity contribution in [2.75, 3.05) is 5.73 Å². The van der Waals surface area contributed by atoms with Crippen LogP contribution in [0, 0.1) is 6.42 Å². The predicted molar refractivity (Wildman–Crippen MR) is 70.9 cm³/mol. The maximum absolute atomic E-state index is 12.8. The Morgan fingerprint density at radius 2 is 2.00 bits per heavy atom. The normalized spacial score (nSPS) is 17.4. The first-order valence-electron chi connectivity index (χ1n) is 6.53. The van der Waals surface area contributed by atoms with E-state index in [4.69, 9.17) is 5.73 Å². The number of nitrogens with zero attached hydrogens (tertiary/aromatic N) is 2. The predicted octanol–water partition coefficient (Wildman–Crippen LogP) is 3.88. The highest BCUT2D eigenvalue weighted by Gasteiger charge is 2.18. The van der Waals surface area contributed by atoms with E-state index in [-0.39, 0.29) is 11.3 Å². The van der Waals surface area contributed by atoms with Crippen LogP contribution in [0.5, 0.6) is 0 Å². The van der Waals surface area contributed by atoms with Gasteiger partial charge in [-0.05, 0) is 44.2 Å². The van der Waals surface area contributed by atoms with Gasteiger partial charge < -0.3 is 5.73 Å². The molecule has 1 radical (unpaired) electrons. The summed E-state index contributed by atoms with van der Waals surface area (Å²) in [5, 5.41) is 5.26. The zero-order valence-corrected chi connectivity index (χ0v) is 10.5. The number of fused-ring (bicyclic) bond motifs is 1. The molecule has 0 saturated heterocycles. The minimum absolute atomic E-state index is 0.130. The van der Waals surface area contributed by atoms with Gasteiger partial charge in [0.25, 0.3) is 6.43 Å². The van der Waals surface area contributed by atoms with Crippen molar-refractivity contribution < 1.29 is 8.78 Å². The molecule has 0 bridgehead atoms. The van der Waals surface area contributed by atoms with Crippen molar-refractivity contribution in [2.24, 2.45) is 0 Å². The number of rotatable bonds is 2. The Balaban J connectivity index is 2.00. The molecule has 1 aromatic carbocycles. The molecule has 1 saturated carbocycles. The quantitative estimate of drug-likeness (QED) is 0.837. The van der Waals surface area contributed by atoms with Crippen molar-refractivity contribution in [3.63, 3.8) is 0 Å². The van der Waals surface area contributed by atoms with Gasteiger partial charge in [0.15, 0.2) is 0 Å². The fraction of sp³-hybridized carbons (Fsp3) is 0.429. The smallest absolute Gasteiger partial charge is 0.265 e. The van der Waals surface area contributed by atoms with Gasteiger partial charge in [-0.1, -0.05) is 0 Å². The minimum Gasteiger partial charge on any atom is -0.398 e. The lowest BCUT2D eigenvalue weighted by atomic mass is 9.96. The van der Waals surface area contributed by atoms with Crippen molar-refractivity contribution in [2.45, 2.75) is 38.2 Å². The summed E-state index contributed by atoms with van der Waals surface area (Å²) in [5.41, 5.74) is 6.26. The van der Waals surface area contributed by atoms with E-state index in [1.165, 1.54) is 6.07 Å². The molecule has 5 heteroatoms. The van der Waals surface area contributed by atoms with Gasteiger partial charge in [-0.2, -0.15) is 5.10 Å². The number of alkyl halides is 2. The summed E-state index contributed by atoms with van der Waals surface area (Å²) in [6.45, 7) is 0. The molecule has 3 nitrogen and oxygen atoms in total. The number of anilines is 1. The molecular formula is C14H16F2N3. The lowest BCUT2D eigenvalue weighted by molar-refractivity contribution is 0.152. The van der Waals surface area contributed by atoms with Crippen LogP contribution in [0.4, 0.5) is 14.5 Å². The maximum Gasteiger partial charge on any atom is 0.265 e. The van der Waals surface area contributed by atoms with Crippen LogP contribution in [0.2, 0.25) is 0 Å². The Labute approximate surface area is 110 Å². The van der Waals surface area contributed by atoms with Gasteiger partial charge in [-0.15, -0.1) is 0 Å². The molecule has 1 aliphatic carbocycles. The highest BCUT2D eigenvalue weighted by molar-refractivity contribution is 5.83. The Morgan fingerprint density at radius 3 is 2.68 bits per heavy atom. The molecule has 1 fully saturated rings. The number of aromatic nitrogens is 2. The average molecular weight is 264 g/mol. The van der Waals surface area contributed by atoms with Crippen molar-refractivity contribution in [3.8, 4) is 0 Å². The second-order valence-electron chi connectivity index (χ2n) is 5.05. The van der Waals surface area contributed by atoms with Crippen LogP contribution in [-0.2, 0) is 0 Å². The molecule has 1 aromatic heterocycles. The van der Waals surface area contributed by atoms with Crippen molar-refractivity contribution in [1.82, 2.24) is 9.78 Å². The van der Waals surface area contributed by atoms with Crippen LogP contribution in [0.3, 0.4) is 0 Å². The van der Waals surface area contributed by atoms with Crippen LogP contribution >= 0.6 is 0 Å². The summed E-state index contributed by atoms with van der Waals surface area (Å²) in [5.74, 6) is 0. The van der Waals surface area contributed by atoms with E-state index in [0.717, 1.165) is 31.1 Å². The Hall–Kier alpha value is -1.65. The first kappa shape index (κ1) is 12.4. The zero-order chi connectivity index (χ0) is 13.4. The van der Waals surface area contributed by atoms with Gasteiger partial charge in [0.2, 0.25) is 0 Å². The molecular weight excluding hydrogens is 248 g/mol. The van der Waals surface area contributed by atoms with Gasteiger partial charge in [0.05, 0.1) is 11.6 Å². The number of nitrogen functional groups attached to an aromatic ring is 1. The maximum atomic E-state index is 12.8. The zero-order valence-electron chi connectivity index (χ0n) is 10.5. The monoisotopic (exact) mass is 264 g/mol. The number of hydrogen-bond donors (Lipinski definition) is 1. The topological polar surface area (TPSA) is 43.8 Å². The third-order valence-corrected chi connectivity index (χ3v) is 3.74. The summed E-state index contributed by atoms with van der Waals surface area (Å²) in [7, 11) is 0. The standard InChI is InChI=1S/C14H16F2N3/c15-14(16)11-7-13-9(6-12(11)17)8-19(18-13)10-4-2-1-3-5-10/h1,6-8,10,14H,2-5,17H2. The van der Waals surface area contributed by atoms with Crippen LogP contribution in [0.15, 0.2) is 18.3 Å². The number of nitrogens with two attached hydrogens (primary N) is 1. The van der Waals surface area contributed by atoms with Gasteiger partial charge in [0, 0.05) is 22.8 Å². The van der Waals surface area contributed by atoms with Crippen LogP contribution in [0.1, 0.15) is 43.7 Å². The van der Waals surface area contributed by atoms with Gasteiger partial charge in [-0.25, -0.2) is 8.78 Å². The fourth-order valence-corrected chi connectivity index (χ4v) is 2.67. The van der Waals surface area contributed by atoms with Crippen LogP contribution in [-0.4, -0.2) is 9.78 Å². The molecule has 19 heavy (non-hydrogen) atoms. The molecule has 2 N–H and O–H groups in total. The molecule has 101 valence electrons. The first-order chi connectivity index (χ1) is 9.15. The lowest BCUT2D eigenvalue weighted by Crippen LogP contribution is -2.13. The van der Waals surface area contributed by atoms with E-state index in [2.05, 4.69) is 11.5 Å². The van der Waals surface area contributed by atoms with Crippen LogP contribution in [0.25, 0.3) is 10.9 Å².